The van der Waals surface area contributed by atoms with Gasteiger partial charge >= 0.3 is 0 Å². The van der Waals surface area contributed by atoms with E-state index in [1.54, 1.807) is 0 Å². The van der Waals surface area contributed by atoms with Crippen LogP contribution in [0.3, 0.4) is 0 Å². The fourth-order valence-electron chi connectivity index (χ4n) is 2.89. The fourth-order valence-corrected chi connectivity index (χ4v) is 2.89. The van der Waals surface area contributed by atoms with Crippen LogP contribution in [0.2, 0.25) is 0 Å². The number of benzene rings is 1. The van der Waals surface area contributed by atoms with E-state index < -0.39 is 0 Å². The highest BCUT2D eigenvalue weighted by atomic mass is 16.2. The van der Waals surface area contributed by atoms with Crippen molar-refractivity contribution in [2.24, 2.45) is 5.73 Å². The average Bonchev–Trinajstić information content (AvgIpc) is 2.54. The number of carbonyl (C=O) groups is 1. The summed E-state index contributed by atoms with van der Waals surface area (Å²) in [7, 11) is 2.05. The minimum absolute atomic E-state index is 0.111. The molecule has 1 aliphatic heterocycles. The van der Waals surface area contributed by atoms with E-state index in [1.165, 1.54) is 12.0 Å². The van der Waals surface area contributed by atoms with Gasteiger partial charge in [-0.3, -0.25) is 9.69 Å². The number of nitrogens with two attached hydrogens (primary N) is 1. The number of piperidine rings is 1. The van der Waals surface area contributed by atoms with Gasteiger partial charge in [-0.1, -0.05) is 30.3 Å². The van der Waals surface area contributed by atoms with Gasteiger partial charge in [-0.25, -0.2) is 0 Å². The lowest BCUT2D eigenvalue weighted by Crippen LogP contribution is -2.44. The lowest BCUT2D eigenvalue weighted by Gasteiger charge is -2.31. The lowest BCUT2D eigenvalue weighted by atomic mass is 10.1. The summed E-state index contributed by atoms with van der Waals surface area (Å²) in [6.45, 7) is 3.18. The summed E-state index contributed by atoms with van der Waals surface area (Å²) in [5, 5.41) is 0. The van der Waals surface area contributed by atoms with Gasteiger partial charge in [-0.2, -0.15) is 0 Å². The SMILES string of the molecule is CN(Cc1ccccc1)C(CN)CC(=O)N1CCCCC1. The molecule has 0 aliphatic carbocycles. The summed E-state index contributed by atoms with van der Waals surface area (Å²) < 4.78 is 0. The van der Waals surface area contributed by atoms with Crippen molar-refractivity contribution in [1.82, 2.24) is 9.80 Å². The van der Waals surface area contributed by atoms with E-state index in [-0.39, 0.29) is 11.9 Å². The third-order valence-corrected chi connectivity index (χ3v) is 4.29. The van der Waals surface area contributed by atoms with Crippen LogP contribution in [0, 0.1) is 0 Å². The zero-order valence-electron chi connectivity index (χ0n) is 13.0. The quantitative estimate of drug-likeness (QED) is 0.869. The fraction of sp³-hybridized carbons (Fsp3) is 0.588. The number of likely N-dealkylation sites (N-methyl/N-ethyl adjacent to an activating group) is 1. The molecule has 1 heterocycles. The van der Waals surface area contributed by atoms with Crippen molar-refractivity contribution in [3.63, 3.8) is 0 Å². The Labute approximate surface area is 127 Å². The zero-order chi connectivity index (χ0) is 15.1. The smallest absolute Gasteiger partial charge is 0.224 e. The molecular weight excluding hydrogens is 262 g/mol. The van der Waals surface area contributed by atoms with Crippen LogP contribution in [0.25, 0.3) is 0 Å². The molecule has 0 saturated carbocycles. The summed E-state index contributed by atoms with van der Waals surface area (Å²) in [6, 6.07) is 10.4. The number of likely N-dealkylation sites (tertiary alicyclic amines) is 1. The molecule has 1 aromatic carbocycles. The molecule has 0 radical (unpaired) electrons. The van der Waals surface area contributed by atoms with Crippen LogP contribution in [-0.4, -0.2) is 48.4 Å². The van der Waals surface area contributed by atoms with Gasteiger partial charge in [0, 0.05) is 38.6 Å². The zero-order valence-corrected chi connectivity index (χ0v) is 13.0. The summed E-state index contributed by atoms with van der Waals surface area (Å²) >= 11 is 0. The maximum absolute atomic E-state index is 12.4. The normalized spacial score (nSPS) is 17.0. The Hall–Kier alpha value is -1.39. The number of nitrogens with zero attached hydrogens (tertiary/aromatic N) is 2. The van der Waals surface area contributed by atoms with Gasteiger partial charge in [0.2, 0.25) is 5.91 Å². The molecule has 2 N–H and O–H groups in total. The van der Waals surface area contributed by atoms with Gasteiger partial charge in [0.1, 0.15) is 0 Å². The predicted molar refractivity (Wildman–Crippen MR) is 85.8 cm³/mol. The monoisotopic (exact) mass is 289 g/mol. The minimum atomic E-state index is 0.111. The van der Waals surface area contributed by atoms with Gasteiger partial charge in [0.05, 0.1) is 0 Å². The van der Waals surface area contributed by atoms with E-state index in [4.69, 9.17) is 5.73 Å². The first-order chi connectivity index (χ1) is 10.2. The topological polar surface area (TPSA) is 49.6 Å². The van der Waals surface area contributed by atoms with Crippen molar-refractivity contribution in [3.8, 4) is 0 Å². The van der Waals surface area contributed by atoms with Crippen LogP contribution < -0.4 is 5.73 Å². The van der Waals surface area contributed by atoms with Crippen molar-refractivity contribution < 1.29 is 4.79 Å². The number of rotatable bonds is 6. The third-order valence-electron chi connectivity index (χ3n) is 4.29. The molecule has 0 spiro atoms. The molecule has 1 unspecified atom stereocenters. The third kappa shape index (κ3) is 4.83. The Balaban J connectivity index is 1.87. The molecular formula is C17H27N3O. The standard InChI is InChI=1S/C17H27N3O/c1-19(14-15-8-4-2-5-9-15)16(13-18)12-17(21)20-10-6-3-7-11-20/h2,4-5,8-9,16H,3,6-7,10-14,18H2,1H3. The molecule has 0 aromatic heterocycles. The molecule has 1 fully saturated rings. The predicted octanol–water partition coefficient (Wildman–Crippen LogP) is 1.85. The first kappa shape index (κ1) is 16.0. The van der Waals surface area contributed by atoms with Crippen molar-refractivity contribution in [2.75, 3.05) is 26.7 Å². The van der Waals surface area contributed by atoms with E-state index in [0.29, 0.717) is 13.0 Å². The highest BCUT2D eigenvalue weighted by molar-refractivity contribution is 5.76. The summed E-state index contributed by atoms with van der Waals surface area (Å²) in [5.74, 6) is 0.255. The Bertz CT molecular complexity index is 429. The van der Waals surface area contributed by atoms with Crippen LogP contribution in [0.1, 0.15) is 31.2 Å². The van der Waals surface area contributed by atoms with Crippen LogP contribution >= 0.6 is 0 Å². The number of amides is 1. The Kier molecular flexibility index (Phi) is 6.21. The van der Waals surface area contributed by atoms with Gasteiger partial charge in [-0.05, 0) is 31.9 Å². The van der Waals surface area contributed by atoms with Crippen LogP contribution in [-0.2, 0) is 11.3 Å². The van der Waals surface area contributed by atoms with Crippen LogP contribution in [0.15, 0.2) is 30.3 Å². The van der Waals surface area contributed by atoms with Gasteiger partial charge in [0.15, 0.2) is 0 Å². The van der Waals surface area contributed by atoms with E-state index >= 15 is 0 Å². The van der Waals surface area contributed by atoms with Crippen LogP contribution in [0.5, 0.6) is 0 Å². The number of carbonyl (C=O) groups excluding carboxylic acids is 1. The highest BCUT2D eigenvalue weighted by Gasteiger charge is 2.22. The molecule has 2 rings (SSSR count). The maximum atomic E-state index is 12.4. The minimum Gasteiger partial charge on any atom is -0.343 e. The second kappa shape index (κ2) is 8.15. The molecule has 1 atom stereocenters. The Morgan fingerprint density at radius 1 is 1.24 bits per heavy atom. The van der Waals surface area contributed by atoms with E-state index in [9.17, 15) is 4.79 Å². The largest absolute Gasteiger partial charge is 0.343 e. The van der Waals surface area contributed by atoms with Crippen molar-refractivity contribution >= 4 is 5.91 Å². The summed E-state index contributed by atoms with van der Waals surface area (Å²) in [4.78, 5) is 16.6. The summed E-state index contributed by atoms with van der Waals surface area (Å²) in [6.07, 6.45) is 4.05. The van der Waals surface area contributed by atoms with E-state index in [0.717, 1.165) is 32.5 Å². The molecule has 4 nitrogen and oxygen atoms in total. The number of hydrogen-bond acceptors (Lipinski definition) is 3. The first-order valence-corrected chi connectivity index (χ1v) is 7.92. The highest BCUT2D eigenvalue weighted by Crippen LogP contribution is 2.13. The summed E-state index contributed by atoms with van der Waals surface area (Å²) in [5.41, 5.74) is 7.15. The van der Waals surface area contributed by atoms with Crippen molar-refractivity contribution in [2.45, 2.75) is 38.3 Å². The van der Waals surface area contributed by atoms with Crippen molar-refractivity contribution in [1.29, 1.82) is 0 Å². The molecule has 1 amide bonds. The molecule has 1 aliphatic rings. The Morgan fingerprint density at radius 3 is 2.52 bits per heavy atom. The van der Waals surface area contributed by atoms with Gasteiger partial charge in [0.25, 0.3) is 0 Å². The molecule has 116 valence electrons. The second-order valence-electron chi connectivity index (χ2n) is 5.94. The van der Waals surface area contributed by atoms with Gasteiger partial charge in [-0.15, -0.1) is 0 Å². The molecule has 0 bridgehead atoms. The molecule has 1 aromatic rings. The van der Waals surface area contributed by atoms with E-state index in [2.05, 4.69) is 17.0 Å². The van der Waals surface area contributed by atoms with Crippen molar-refractivity contribution in [3.05, 3.63) is 35.9 Å². The second-order valence-corrected chi connectivity index (χ2v) is 5.94. The molecule has 4 heteroatoms. The molecule has 21 heavy (non-hydrogen) atoms. The number of hydrogen-bond donors (Lipinski definition) is 1. The van der Waals surface area contributed by atoms with Crippen LogP contribution in [0.4, 0.5) is 0 Å². The first-order valence-electron chi connectivity index (χ1n) is 7.92. The molecule has 1 saturated heterocycles. The van der Waals surface area contributed by atoms with Gasteiger partial charge < -0.3 is 10.6 Å². The van der Waals surface area contributed by atoms with E-state index in [1.807, 2.05) is 30.1 Å². The Morgan fingerprint density at radius 2 is 1.90 bits per heavy atom. The average molecular weight is 289 g/mol. The maximum Gasteiger partial charge on any atom is 0.224 e. The lowest BCUT2D eigenvalue weighted by molar-refractivity contribution is -0.133.